The van der Waals surface area contributed by atoms with Crippen molar-refractivity contribution in [2.24, 2.45) is 0 Å². The van der Waals surface area contributed by atoms with Crippen molar-refractivity contribution < 1.29 is 9.18 Å². The summed E-state index contributed by atoms with van der Waals surface area (Å²) in [4.78, 5) is 13.1. The zero-order chi connectivity index (χ0) is 22.5. The van der Waals surface area contributed by atoms with E-state index in [0.29, 0.717) is 16.5 Å². The number of halogens is 1. The first-order chi connectivity index (χ1) is 15.5. The van der Waals surface area contributed by atoms with Gasteiger partial charge in [0.15, 0.2) is 11.0 Å². The Morgan fingerprint density at radius 1 is 1.03 bits per heavy atom. The summed E-state index contributed by atoms with van der Waals surface area (Å²) < 4.78 is 16.7. The predicted molar refractivity (Wildman–Crippen MR) is 126 cm³/mol. The lowest BCUT2D eigenvalue weighted by molar-refractivity contribution is -0.121. The topological polar surface area (TPSA) is 59.8 Å². The van der Waals surface area contributed by atoms with Crippen molar-refractivity contribution in [2.75, 3.05) is 0 Å². The number of amides is 1. The Labute approximate surface area is 192 Å². The van der Waals surface area contributed by atoms with Crippen molar-refractivity contribution >= 4 is 17.7 Å². The highest BCUT2D eigenvalue weighted by Gasteiger charge is 2.30. The molecule has 1 saturated carbocycles. The summed E-state index contributed by atoms with van der Waals surface area (Å²) in [5.74, 6) is 0.154. The molecule has 5 nitrogen and oxygen atoms in total. The van der Waals surface area contributed by atoms with E-state index in [4.69, 9.17) is 0 Å². The lowest BCUT2D eigenvalue weighted by Gasteiger charge is -2.26. The number of nitrogens with zero attached hydrogens (tertiary/aromatic N) is 3. The third-order valence-electron chi connectivity index (χ3n) is 5.71. The molecule has 0 saturated heterocycles. The maximum Gasteiger partial charge on any atom is 0.238 e. The van der Waals surface area contributed by atoms with E-state index in [0.717, 1.165) is 31.2 Å². The summed E-state index contributed by atoms with van der Waals surface area (Å²) in [6.45, 7) is 3.90. The molecule has 1 N–H and O–H groups in total. The van der Waals surface area contributed by atoms with E-state index in [1.54, 1.807) is 12.1 Å². The molecular weight excluding hydrogens is 423 g/mol. The smallest absolute Gasteiger partial charge is 0.238 e. The molecular formula is C25H29FN4OS. The molecule has 0 bridgehead atoms. The second kappa shape index (κ2) is 10.3. The van der Waals surface area contributed by atoms with Crippen LogP contribution in [0.15, 0.2) is 59.8 Å². The first-order valence-electron chi connectivity index (χ1n) is 11.3. The van der Waals surface area contributed by atoms with Gasteiger partial charge in [-0.05, 0) is 44.4 Å². The van der Waals surface area contributed by atoms with Crippen LogP contribution in [0.2, 0.25) is 0 Å². The summed E-state index contributed by atoms with van der Waals surface area (Å²) in [5, 5.41) is 12.1. The van der Waals surface area contributed by atoms with Crippen LogP contribution >= 0.6 is 11.8 Å². The Morgan fingerprint density at radius 3 is 2.41 bits per heavy atom. The maximum absolute atomic E-state index is 14.7. The van der Waals surface area contributed by atoms with Crippen LogP contribution < -0.4 is 5.32 Å². The van der Waals surface area contributed by atoms with Gasteiger partial charge in [0, 0.05) is 12.1 Å². The predicted octanol–water partition coefficient (Wildman–Crippen LogP) is 5.95. The number of hydrogen-bond acceptors (Lipinski definition) is 4. The molecule has 32 heavy (non-hydrogen) atoms. The van der Waals surface area contributed by atoms with Crippen molar-refractivity contribution in [3.05, 3.63) is 66.0 Å². The van der Waals surface area contributed by atoms with E-state index >= 15 is 0 Å². The minimum absolute atomic E-state index is 0.0273. The first kappa shape index (κ1) is 22.5. The zero-order valence-electron chi connectivity index (χ0n) is 18.5. The molecule has 0 radical (unpaired) electrons. The second-order valence-electron chi connectivity index (χ2n) is 8.52. The molecule has 1 amide bonds. The molecule has 0 spiro atoms. The fraction of sp³-hybridized carbons (Fsp3) is 0.400. The number of carbonyl (C=O) groups excluding carboxylic acids is 1. The average Bonchev–Trinajstić information content (AvgIpc) is 3.22. The van der Waals surface area contributed by atoms with E-state index < -0.39 is 5.25 Å². The van der Waals surface area contributed by atoms with Crippen LogP contribution in [0.25, 0.3) is 11.4 Å². The van der Waals surface area contributed by atoms with Gasteiger partial charge in [0.25, 0.3) is 0 Å². The Bertz CT molecular complexity index is 1050. The monoisotopic (exact) mass is 452 g/mol. The van der Waals surface area contributed by atoms with Gasteiger partial charge in [0.1, 0.15) is 11.1 Å². The van der Waals surface area contributed by atoms with Crippen LogP contribution in [-0.2, 0) is 4.79 Å². The molecule has 168 valence electrons. The third-order valence-corrected chi connectivity index (χ3v) is 6.92. The summed E-state index contributed by atoms with van der Waals surface area (Å²) in [7, 11) is 0. The lowest BCUT2D eigenvalue weighted by atomic mass is 9.95. The molecule has 3 aromatic rings. The molecule has 0 aliphatic heterocycles. The molecule has 4 rings (SSSR count). The van der Waals surface area contributed by atoms with Gasteiger partial charge in [-0.15, -0.1) is 10.2 Å². The van der Waals surface area contributed by atoms with Crippen molar-refractivity contribution in [1.29, 1.82) is 0 Å². The molecule has 1 aromatic heterocycles. The second-order valence-corrected chi connectivity index (χ2v) is 9.59. The standard InChI is InChI=1S/C25H29FN4OS/c1-17(2)27-24(31)22(18-11-5-3-6-12-18)32-25-29-28-23(20-15-9-10-16-21(20)26)30(25)19-13-7-4-8-14-19/h3,5-6,9-12,15-17,19,22H,4,7-8,13-14H2,1-2H3,(H,27,31). The third kappa shape index (κ3) is 5.04. The molecule has 1 aliphatic carbocycles. The van der Waals surface area contributed by atoms with Gasteiger partial charge >= 0.3 is 0 Å². The van der Waals surface area contributed by atoms with Crippen molar-refractivity contribution in [2.45, 2.75) is 68.4 Å². The summed E-state index contributed by atoms with van der Waals surface area (Å²) in [6.07, 6.45) is 5.46. The maximum atomic E-state index is 14.7. The van der Waals surface area contributed by atoms with Gasteiger partial charge in [0.05, 0.1) is 5.56 Å². The molecule has 1 unspecified atom stereocenters. The van der Waals surface area contributed by atoms with Gasteiger partial charge in [-0.1, -0.05) is 73.5 Å². The van der Waals surface area contributed by atoms with Crippen molar-refractivity contribution in [1.82, 2.24) is 20.1 Å². The molecule has 2 aromatic carbocycles. The summed E-state index contributed by atoms with van der Waals surface area (Å²) in [6, 6.07) is 16.6. The fourth-order valence-electron chi connectivity index (χ4n) is 4.22. The number of aromatic nitrogens is 3. The summed E-state index contributed by atoms with van der Waals surface area (Å²) >= 11 is 1.39. The Morgan fingerprint density at radius 2 is 1.72 bits per heavy atom. The van der Waals surface area contributed by atoms with Gasteiger partial charge in [-0.3, -0.25) is 9.36 Å². The minimum Gasteiger partial charge on any atom is -0.353 e. The lowest BCUT2D eigenvalue weighted by Crippen LogP contribution is -2.33. The van der Waals surface area contributed by atoms with Crippen LogP contribution in [-0.4, -0.2) is 26.7 Å². The molecule has 1 fully saturated rings. The van der Waals surface area contributed by atoms with Gasteiger partial charge < -0.3 is 5.32 Å². The highest BCUT2D eigenvalue weighted by molar-refractivity contribution is 8.00. The van der Waals surface area contributed by atoms with Crippen LogP contribution in [0.5, 0.6) is 0 Å². The largest absolute Gasteiger partial charge is 0.353 e. The van der Waals surface area contributed by atoms with Crippen LogP contribution in [0.1, 0.15) is 62.8 Å². The van der Waals surface area contributed by atoms with E-state index in [1.165, 1.54) is 24.2 Å². The molecule has 1 atom stereocenters. The fourth-order valence-corrected chi connectivity index (χ4v) is 5.33. The normalized spacial score (nSPS) is 15.6. The van der Waals surface area contributed by atoms with Crippen LogP contribution in [0.4, 0.5) is 4.39 Å². The van der Waals surface area contributed by atoms with Gasteiger partial charge in [-0.25, -0.2) is 4.39 Å². The zero-order valence-corrected chi connectivity index (χ0v) is 19.3. The highest BCUT2D eigenvalue weighted by Crippen LogP contribution is 2.41. The van der Waals surface area contributed by atoms with Crippen molar-refractivity contribution in [3.8, 4) is 11.4 Å². The Hall–Kier alpha value is -2.67. The van der Waals surface area contributed by atoms with E-state index in [9.17, 15) is 9.18 Å². The first-order valence-corrected chi connectivity index (χ1v) is 12.1. The van der Waals surface area contributed by atoms with Gasteiger partial charge in [0.2, 0.25) is 5.91 Å². The van der Waals surface area contributed by atoms with E-state index in [-0.39, 0.29) is 23.8 Å². The quantitative estimate of drug-likeness (QED) is 0.450. The van der Waals surface area contributed by atoms with Crippen LogP contribution in [0.3, 0.4) is 0 Å². The number of benzene rings is 2. The minimum atomic E-state index is -0.474. The van der Waals surface area contributed by atoms with E-state index in [1.807, 2.05) is 50.2 Å². The van der Waals surface area contributed by atoms with Crippen LogP contribution in [0, 0.1) is 5.82 Å². The number of carbonyl (C=O) groups is 1. The van der Waals surface area contributed by atoms with Crippen molar-refractivity contribution in [3.63, 3.8) is 0 Å². The highest BCUT2D eigenvalue weighted by atomic mass is 32.2. The van der Waals surface area contributed by atoms with E-state index in [2.05, 4.69) is 20.1 Å². The number of hydrogen-bond donors (Lipinski definition) is 1. The number of rotatable bonds is 7. The summed E-state index contributed by atoms with van der Waals surface area (Å²) in [5.41, 5.74) is 1.35. The number of nitrogens with one attached hydrogen (secondary N) is 1. The molecule has 7 heteroatoms. The Kier molecular flexibility index (Phi) is 7.25. The SMILES string of the molecule is CC(C)NC(=O)C(Sc1nnc(-c2ccccc2F)n1C1CCCCC1)c1ccccc1. The van der Waals surface area contributed by atoms with Gasteiger partial charge in [-0.2, -0.15) is 0 Å². The average molecular weight is 453 g/mol. The molecule has 1 aliphatic rings. The Balaban J connectivity index is 1.76. The number of thioether (sulfide) groups is 1. The molecule has 1 heterocycles.